The van der Waals surface area contributed by atoms with Gasteiger partial charge in [0.25, 0.3) is 0 Å². The third kappa shape index (κ3) is 2.89. The van der Waals surface area contributed by atoms with Gasteiger partial charge in [-0.15, -0.1) is 0 Å². The van der Waals surface area contributed by atoms with Crippen LogP contribution in [0, 0.1) is 12.3 Å². The van der Waals surface area contributed by atoms with Crippen molar-refractivity contribution in [2.45, 2.75) is 65.8 Å². The first kappa shape index (κ1) is 18.0. The van der Waals surface area contributed by atoms with Crippen molar-refractivity contribution < 1.29 is 4.79 Å². The minimum Gasteiger partial charge on any atom is -0.343 e. The quantitative estimate of drug-likeness (QED) is 0.807. The van der Waals surface area contributed by atoms with Crippen molar-refractivity contribution in [2.24, 2.45) is 5.41 Å². The normalized spacial score (nSPS) is 21.6. The first-order chi connectivity index (χ1) is 12.6. The third-order valence-electron chi connectivity index (χ3n) is 5.49. The van der Waals surface area contributed by atoms with E-state index in [0.717, 1.165) is 40.5 Å². The van der Waals surface area contributed by atoms with E-state index in [0.29, 0.717) is 6.42 Å². The monoisotopic (exact) mass is 364 g/mol. The van der Waals surface area contributed by atoms with Gasteiger partial charge in [-0.05, 0) is 51.7 Å². The van der Waals surface area contributed by atoms with Crippen molar-refractivity contribution in [3.63, 3.8) is 0 Å². The van der Waals surface area contributed by atoms with Crippen LogP contribution in [0.2, 0.25) is 0 Å². The lowest BCUT2D eigenvalue weighted by Crippen LogP contribution is -2.35. The predicted molar refractivity (Wildman–Crippen MR) is 107 cm³/mol. The Morgan fingerprint density at radius 3 is 2.59 bits per heavy atom. The number of nitrogens with one attached hydrogen (secondary N) is 1. The molecule has 0 amide bonds. The average molecular weight is 364 g/mol. The molecule has 3 heterocycles. The molecule has 27 heavy (non-hydrogen) atoms. The van der Waals surface area contributed by atoms with Crippen LogP contribution in [-0.2, 0) is 10.3 Å². The minimum absolute atomic E-state index is 0.0449. The van der Waals surface area contributed by atoms with Gasteiger partial charge in [0.1, 0.15) is 5.82 Å². The number of rotatable bonds is 1. The van der Waals surface area contributed by atoms with Gasteiger partial charge in [-0.2, -0.15) is 5.10 Å². The third-order valence-corrected chi connectivity index (χ3v) is 5.49. The summed E-state index contributed by atoms with van der Waals surface area (Å²) in [5, 5.41) is 8.46. The standard InChI is InChI=1S/C22H28N4O/c1-13-17-19(14-9-7-8-10-23-14)18-15(11-22(5,6)12-16(18)27)24-20(17)26(25-13)21(2,3)4/h7-10,19,24H,11-12H2,1-6H3. The first-order valence-corrected chi connectivity index (χ1v) is 9.63. The first-order valence-electron chi connectivity index (χ1n) is 9.63. The second-order valence-corrected chi connectivity index (χ2v) is 9.58. The molecule has 4 rings (SSSR count). The van der Waals surface area contributed by atoms with Gasteiger partial charge in [-0.3, -0.25) is 9.78 Å². The Morgan fingerprint density at radius 2 is 1.96 bits per heavy atom. The van der Waals surface area contributed by atoms with Crippen LogP contribution in [0.4, 0.5) is 5.82 Å². The second-order valence-electron chi connectivity index (χ2n) is 9.58. The number of hydrogen-bond acceptors (Lipinski definition) is 4. The van der Waals surface area contributed by atoms with Gasteiger partial charge in [0.2, 0.25) is 0 Å². The number of aromatic nitrogens is 3. The number of nitrogens with zero attached hydrogens (tertiary/aromatic N) is 3. The fraction of sp³-hybridized carbons (Fsp3) is 0.500. The van der Waals surface area contributed by atoms with Gasteiger partial charge in [-0.1, -0.05) is 19.9 Å². The zero-order valence-electron chi connectivity index (χ0n) is 17.1. The van der Waals surface area contributed by atoms with Crippen molar-refractivity contribution in [1.29, 1.82) is 0 Å². The maximum Gasteiger partial charge on any atom is 0.162 e. The van der Waals surface area contributed by atoms with E-state index in [2.05, 4.69) is 49.6 Å². The number of anilines is 1. The average Bonchev–Trinajstić information content (AvgIpc) is 2.89. The molecule has 1 unspecified atom stereocenters. The molecular formula is C22H28N4O. The SMILES string of the molecule is Cc1nn(C(C)(C)C)c2c1C(c1ccccn1)C1=C(CC(C)(C)CC1=O)N2. The second kappa shape index (κ2) is 5.78. The number of carbonyl (C=O) groups excluding carboxylic acids is 1. The Morgan fingerprint density at radius 1 is 1.22 bits per heavy atom. The zero-order valence-corrected chi connectivity index (χ0v) is 17.1. The van der Waals surface area contributed by atoms with E-state index in [4.69, 9.17) is 5.10 Å². The highest BCUT2D eigenvalue weighted by atomic mass is 16.1. The summed E-state index contributed by atoms with van der Waals surface area (Å²) in [5.41, 5.74) is 4.64. The topological polar surface area (TPSA) is 59.8 Å². The summed E-state index contributed by atoms with van der Waals surface area (Å²) >= 11 is 0. The number of ketones is 1. The summed E-state index contributed by atoms with van der Waals surface area (Å²) in [4.78, 5) is 17.8. The van der Waals surface area contributed by atoms with E-state index in [1.807, 2.05) is 25.1 Å². The fourth-order valence-electron chi connectivity index (χ4n) is 4.40. The number of Topliss-reactive ketones (excluding diaryl/α,β-unsaturated/α-hetero) is 1. The number of pyridine rings is 1. The molecule has 2 aliphatic rings. The Hall–Kier alpha value is -2.43. The molecule has 1 aliphatic heterocycles. The molecule has 2 aromatic heterocycles. The molecule has 0 saturated heterocycles. The molecular weight excluding hydrogens is 336 g/mol. The zero-order chi connectivity index (χ0) is 19.6. The lowest BCUT2D eigenvalue weighted by molar-refractivity contribution is -0.118. The summed E-state index contributed by atoms with van der Waals surface area (Å²) in [6.07, 6.45) is 3.22. The molecule has 5 nitrogen and oxygen atoms in total. The van der Waals surface area contributed by atoms with Crippen molar-refractivity contribution >= 4 is 11.6 Å². The molecule has 0 radical (unpaired) electrons. The fourth-order valence-corrected chi connectivity index (χ4v) is 4.40. The Kier molecular flexibility index (Phi) is 3.85. The number of allylic oxidation sites excluding steroid dienone is 2. The molecule has 142 valence electrons. The van der Waals surface area contributed by atoms with Crippen molar-refractivity contribution in [3.8, 4) is 0 Å². The smallest absolute Gasteiger partial charge is 0.162 e. The van der Waals surface area contributed by atoms with Crippen LogP contribution in [0.25, 0.3) is 0 Å². The number of hydrogen-bond donors (Lipinski definition) is 1. The van der Waals surface area contributed by atoms with Crippen LogP contribution in [-0.4, -0.2) is 20.5 Å². The van der Waals surface area contributed by atoms with Crippen LogP contribution in [0.5, 0.6) is 0 Å². The molecule has 0 aromatic carbocycles. The number of aryl methyl sites for hydroxylation is 1. The molecule has 0 saturated carbocycles. The van der Waals surface area contributed by atoms with Crippen LogP contribution >= 0.6 is 0 Å². The molecule has 1 N–H and O–H groups in total. The molecule has 2 aromatic rings. The molecule has 1 atom stereocenters. The molecule has 5 heteroatoms. The predicted octanol–water partition coefficient (Wildman–Crippen LogP) is 4.54. The van der Waals surface area contributed by atoms with E-state index >= 15 is 0 Å². The maximum atomic E-state index is 13.2. The van der Waals surface area contributed by atoms with Gasteiger partial charge in [0, 0.05) is 29.5 Å². The molecule has 0 fully saturated rings. The summed E-state index contributed by atoms with van der Waals surface area (Å²) in [7, 11) is 0. The van der Waals surface area contributed by atoms with Crippen LogP contribution < -0.4 is 5.32 Å². The van der Waals surface area contributed by atoms with Gasteiger partial charge in [0.05, 0.1) is 22.8 Å². The molecule has 1 aliphatic carbocycles. The highest BCUT2D eigenvalue weighted by Gasteiger charge is 2.44. The van der Waals surface area contributed by atoms with Gasteiger partial charge >= 0.3 is 0 Å². The summed E-state index contributed by atoms with van der Waals surface area (Å²) < 4.78 is 2.06. The summed E-state index contributed by atoms with van der Waals surface area (Å²) in [5.74, 6) is 1.06. The number of fused-ring (bicyclic) bond motifs is 1. The van der Waals surface area contributed by atoms with Gasteiger partial charge in [0.15, 0.2) is 5.78 Å². The van der Waals surface area contributed by atoms with Gasteiger partial charge in [-0.25, -0.2) is 4.68 Å². The number of carbonyl (C=O) groups is 1. The largest absolute Gasteiger partial charge is 0.343 e. The minimum atomic E-state index is -0.160. The Labute approximate surface area is 160 Å². The molecule has 0 spiro atoms. The van der Waals surface area contributed by atoms with Crippen molar-refractivity contribution in [2.75, 3.05) is 5.32 Å². The maximum absolute atomic E-state index is 13.2. The Balaban J connectivity index is 1.99. The summed E-state index contributed by atoms with van der Waals surface area (Å²) in [6.45, 7) is 12.8. The highest BCUT2D eigenvalue weighted by Crippen LogP contribution is 2.50. The van der Waals surface area contributed by atoms with E-state index < -0.39 is 0 Å². The molecule has 0 bridgehead atoms. The van der Waals surface area contributed by atoms with Crippen LogP contribution in [0.1, 0.15) is 70.3 Å². The highest BCUT2D eigenvalue weighted by molar-refractivity contribution is 6.01. The lowest BCUT2D eigenvalue weighted by atomic mass is 9.70. The summed E-state index contributed by atoms with van der Waals surface area (Å²) in [6, 6.07) is 5.92. The van der Waals surface area contributed by atoms with Crippen molar-refractivity contribution in [3.05, 3.63) is 52.6 Å². The van der Waals surface area contributed by atoms with Crippen LogP contribution in [0.3, 0.4) is 0 Å². The van der Waals surface area contributed by atoms with E-state index in [-0.39, 0.29) is 22.7 Å². The van der Waals surface area contributed by atoms with Crippen molar-refractivity contribution in [1.82, 2.24) is 14.8 Å². The van der Waals surface area contributed by atoms with E-state index in [9.17, 15) is 4.79 Å². The lowest BCUT2D eigenvalue weighted by Gasteiger charge is -2.39. The van der Waals surface area contributed by atoms with Gasteiger partial charge < -0.3 is 5.32 Å². The van der Waals surface area contributed by atoms with Crippen LogP contribution in [0.15, 0.2) is 35.7 Å². The van der Waals surface area contributed by atoms with E-state index in [1.54, 1.807) is 6.20 Å². The van der Waals surface area contributed by atoms with E-state index in [1.165, 1.54) is 0 Å². The Bertz CT molecular complexity index is 945.